The van der Waals surface area contributed by atoms with Gasteiger partial charge in [0.2, 0.25) is 15.9 Å². The van der Waals surface area contributed by atoms with Crippen molar-refractivity contribution < 1.29 is 21.6 Å². The van der Waals surface area contributed by atoms with Crippen LogP contribution in [0.25, 0.3) is 0 Å². The standard InChI is InChI=1S/C17H34N4O5S2/c1-4-14-27(23,24)21-9-7-8-16(15-21)17(22)18-10-12-20(13-11-18)28(25,26)19(5-2)6-3/h16H,4-15H2,1-3H3. The van der Waals surface area contributed by atoms with Gasteiger partial charge in [0.05, 0.1) is 11.7 Å². The summed E-state index contributed by atoms with van der Waals surface area (Å²) in [6, 6.07) is 0. The molecular weight excluding hydrogens is 404 g/mol. The fourth-order valence-electron chi connectivity index (χ4n) is 3.89. The molecule has 9 nitrogen and oxygen atoms in total. The number of carbonyl (C=O) groups is 1. The minimum absolute atomic E-state index is 0.0590. The Kier molecular flexibility index (Phi) is 8.26. The summed E-state index contributed by atoms with van der Waals surface area (Å²) >= 11 is 0. The van der Waals surface area contributed by atoms with Gasteiger partial charge in [-0.3, -0.25) is 4.79 Å². The molecule has 164 valence electrons. The molecule has 28 heavy (non-hydrogen) atoms. The van der Waals surface area contributed by atoms with Gasteiger partial charge in [-0.1, -0.05) is 20.8 Å². The summed E-state index contributed by atoms with van der Waals surface area (Å²) in [5, 5.41) is 0. The average molecular weight is 439 g/mol. The van der Waals surface area contributed by atoms with Crippen LogP contribution in [0, 0.1) is 5.92 Å². The van der Waals surface area contributed by atoms with Gasteiger partial charge in [0, 0.05) is 52.4 Å². The van der Waals surface area contributed by atoms with E-state index in [1.54, 1.807) is 4.90 Å². The summed E-state index contributed by atoms with van der Waals surface area (Å²) in [7, 11) is -6.80. The van der Waals surface area contributed by atoms with E-state index in [1.807, 2.05) is 20.8 Å². The number of hydrogen-bond acceptors (Lipinski definition) is 5. The Morgan fingerprint density at radius 2 is 1.54 bits per heavy atom. The van der Waals surface area contributed by atoms with Crippen LogP contribution in [0.1, 0.15) is 40.0 Å². The molecule has 0 aliphatic carbocycles. The largest absolute Gasteiger partial charge is 0.340 e. The van der Waals surface area contributed by atoms with Crippen molar-refractivity contribution in [1.29, 1.82) is 0 Å². The normalized spacial score (nSPS) is 23.3. The molecule has 0 bridgehead atoms. The highest BCUT2D eigenvalue weighted by Gasteiger charge is 2.37. The molecule has 2 saturated heterocycles. The quantitative estimate of drug-likeness (QED) is 0.538. The van der Waals surface area contributed by atoms with Gasteiger partial charge in [0.1, 0.15) is 0 Å². The highest BCUT2D eigenvalue weighted by Crippen LogP contribution is 2.23. The lowest BCUT2D eigenvalue weighted by Gasteiger charge is -2.39. The molecule has 11 heteroatoms. The maximum Gasteiger partial charge on any atom is 0.282 e. The van der Waals surface area contributed by atoms with Gasteiger partial charge in [-0.15, -0.1) is 0 Å². The van der Waals surface area contributed by atoms with Crippen LogP contribution in [0.4, 0.5) is 0 Å². The summed E-state index contributed by atoms with van der Waals surface area (Å²) < 4.78 is 54.2. The molecular formula is C17H34N4O5S2. The first-order valence-corrected chi connectivity index (χ1v) is 13.2. The van der Waals surface area contributed by atoms with E-state index in [4.69, 9.17) is 0 Å². The number of piperidine rings is 1. The summed E-state index contributed by atoms with van der Waals surface area (Å²) in [4.78, 5) is 14.6. The molecule has 2 rings (SSSR count). The van der Waals surface area contributed by atoms with Crippen LogP contribution in [0.2, 0.25) is 0 Å². The van der Waals surface area contributed by atoms with Gasteiger partial charge in [-0.05, 0) is 19.3 Å². The third-order valence-electron chi connectivity index (χ3n) is 5.50. The van der Waals surface area contributed by atoms with E-state index in [0.717, 1.165) is 0 Å². The predicted octanol–water partition coefficient (Wildman–Crippen LogP) is 0.169. The van der Waals surface area contributed by atoms with E-state index >= 15 is 0 Å². The van der Waals surface area contributed by atoms with Crippen LogP contribution in [-0.4, -0.2) is 98.7 Å². The molecule has 0 aromatic carbocycles. The summed E-state index contributed by atoms with van der Waals surface area (Å²) in [6.07, 6.45) is 1.91. The number of carbonyl (C=O) groups excluding carboxylic acids is 1. The minimum Gasteiger partial charge on any atom is -0.340 e. The fraction of sp³-hybridized carbons (Fsp3) is 0.941. The maximum atomic E-state index is 12.9. The molecule has 1 unspecified atom stereocenters. The van der Waals surface area contributed by atoms with Crippen molar-refractivity contribution in [3.8, 4) is 0 Å². The molecule has 2 fully saturated rings. The van der Waals surface area contributed by atoms with Gasteiger partial charge >= 0.3 is 0 Å². The Morgan fingerprint density at radius 3 is 2.07 bits per heavy atom. The molecule has 0 spiro atoms. The van der Waals surface area contributed by atoms with Crippen LogP contribution >= 0.6 is 0 Å². The first kappa shape index (κ1) is 23.5. The first-order valence-electron chi connectivity index (χ1n) is 10.2. The Labute approximate surface area is 169 Å². The second kappa shape index (κ2) is 9.84. The number of piperazine rings is 1. The molecule has 0 radical (unpaired) electrons. The lowest BCUT2D eigenvalue weighted by molar-refractivity contribution is -0.137. The SMILES string of the molecule is CCCS(=O)(=O)N1CCCC(C(=O)N2CCN(S(=O)(=O)N(CC)CC)CC2)C1. The maximum absolute atomic E-state index is 12.9. The van der Waals surface area contributed by atoms with Gasteiger partial charge < -0.3 is 4.90 Å². The van der Waals surface area contributed by atoms with E-state index < -0.39 is 20.2 Å². The van der Waals surface area contributed by atoms with E-state index in [0.29, 0.717) is 52.0 Å². The van der Waals surface area contributed by atoms with Crippen LogP contribution in [0.15, 0.2) is 0 Å². The van der Waals surface area contributed by atoms with Crippen LogP contribution in [-0.2, 0) is 25.0 Å². The first-order chi connectivity index (χ1) is 13.2. The van der Waals surface area contributed by atoms with Crippen LogP contribution in [0.5, 0.6) is 0 Å². The van der Waals surface area contributed by atoms with Crippen molar-refractivity contribution in [2.24, 2.45) is 5.92 Å². The van der Waals surface area contributed by atoms with Gasteiger partial charge in [0.15, 0.2) is 0 Å². The molecule has 1 atom stereocenters. The van der Waals surface area contributed by atoms with Gasteiger partial charge in [-0.2, -0.15) is 17.0 Å². The zero-order valence-corrected chi connectivity index (χ0v) is 18.8. The molecule has 1 amide bonds. The molecule has 2 aliphatic rings. The minimum atomic E-state index is -3.49. The molecule has 2 heterocycles. The Hall–Kier alpha value is -0.750. The van der Waals surface area contributed by atoms with Crippen LogP contribution in [0.3, 0.4) is 0 Å². The van der Waals surface area contributed by atoms with Gasteiger partial charge in [-0.25, -0.2) is 12.7 Å². The molecule has 0 aromatic rings. The molecule has 0 aromatic heterocycles. The zero-order valence-electron chi connectivity index (χ0n) is 17.2. The van der Waals surface area contributed by atoms with Crippen molar-refractivity contribution in [3.63, 3.8) is 0 Å². The Balaban J connectivity index is 1.96. The Morgan fingerprint density at radius 1 is 0.929 bits per heavy atom. The third kappa shape index (κ3) is 5.24. The summed E-state index contributed by atoms with van der Waals surface area (Å²) in [5.74, 6) is -0.293. The molecule has 0 saturated carbocycles. The number of nitrogens with zero attached hydrogens (tertiary/aromatic N) is 4. The summed E-state index contributed by atoms with van der Waals surface area (Å²) in [6.45, 7) is 8.23. The van der Waals surface area contributed by atoms with Gasteiger partial charge in [0.25, 0.3) is 10.2 Å². The average Bonchev–Trinajstić information content (AvgIpc) is 2.68. The van der Waals surface area contributed by atoms with Crippen molar-refractivity contribution in [2.75, 3.05) is 58.1 Å². The van der Waals surface area contributed by atoms with Crippen molar-refractivity contribution >= 4 is 26.1 Å². The smallest absolute Gasteiger partial charge is 0.282 e. The van der Waals surface area contributed by atoms with Crippen molar-refractivity contribution in [2.45, 2.75) is 40.0 Å². The van der Waals surface area contributed by atoms with E-state index in [9.17, 15) is 21.6 Å². The summed E-state index contributed by atoms with van der Waals surface area (Å²) in [5.41, 5.74) is 0. The number of sulfonamides is 1. The monoisotopic (exact) mass is 438 g/mol. The lowest BCUT2D eigenvalue weighted by atomic mass is 9.98. The number of hydrogen-bond donors (Lipinski definition) is 0. The molecule has 0 N–H and O–H groups in total. The molecule has 2 aliphatic heterocycles. The second-order valence-electron chi connectivity index (χ2n) is 7.33. The number of amides is 1. The Bertz CT molecular complexity index is 729. The predicted molar refractivity (Wildman–Crippen MR) is 108 cm³/mol. The third-order valence-corrected chi connectivity index (χ3v) is 9.73. The van der Waals surface area contributed by atoms with Crippen molar-refractivity contribution in [3.05, 3.63) is 0 Å². The van der Waals surface area contributed by atoms with E-state index in [2.05, 4.69) is 0 Å². The zero-order chi connectivity index (χ0) is 20.9. The lowest BCUT2D eigenvalue weighted by Crippen LogP contribution is -2.56. The highest BCUT2D eigenvalue weighted by atomic mass is 32.2. The highest BCUT2D eigenvalue weighted by molar-refractivity contribution is 7.89. The second-order valence-corrected chi connectivity index (χ2v) is 11.3. The fourth-order valence-corrected chi connectivity index (χ4v) is 7.09. The van der Waals surface area contributed by atoms with Crippen LogP contribution < -0.4 is 0 Å². The van der Waals surface area contributed by atoms with E-state index in [1.165, 1.54) is 12.9 Å². The number of rotatable bonds is 8. The van der Waals surface area contributed by atoms with E-state index in [-0.39, 0.29) is 37.2 Å². The van der Waals surface area contributed by atoms with Crippen molar-refractivity contribution in [1.82, 2.24) is 17.8 Å². The topological polar surface area (TPSA) is 98.3 Å².